The third kappa shape index (κ3) is 21.3. The number of hydrogen-bond donors (Lipinski definition) is 1. The largest absolute Gasteiger partial charge is 0.306 e. The molecular formula is C49H94N2O2. The summed E-state index contributed by atoms with van der Waals surface area (Å²) in [5.41, 5.74) is 0.0770. The molecule has 0 atom stereocenters. The zero-order valence-corrected chi connectivity index (χ0v) is 36.6. The van der Waals surface area contributed by atoms with Gasteiger partial charge in [-0.05, 0) is 38.5 Å². The molecule has 4 heteroatoms. The second-order valence-corrected chi connectivity index (χ2v) is 18.3. The molecule has 2 amide bonds. The average Bonchev–Trinajstić information content (AvgIpc) is 3.49. The van der Waals surface area contributed by atoms with Crippen LogP contribution in [0, 0.1) is 0 Å². The highest BCUT2D eigenvalue weighted by molar-refractivity contribution is 6.02. The lowest BCUT2D eigenvalue weighted by molar-refractivity contribution is -0.143. The van der Waals surface area contributed by atoms with Gasteiger partial charge in [0.15, 0.2) is 0 Å². The summed E-state index contributed by atoms with van der Waals surface area (Å²) in [4.78, 5) is 28.7. The van der Waals surface area contributed by atoms with Crippen molar-refractivity contribution in [1.82, 2.24) is 10.2 Å². The number of hydrogen-bond acceptors (Lipinski definition) is 3. The summed E-state index contributed by atoms with van der Waals surface area (Å²) in [6.45, 7) is 9.23. The van der Waals surface area contributed by atoms with Gasteiger partial charge in [0.25, 0.3) is 0 Å². The topological polar surface area (TPSA) is 49.4 Å². The molecule has 0 aromatic rings. The van der Waals surface area contributed by atoms with E-state index in [9.17, 15) is 9.59 Å². The van der Waals surface area contributed by atoms with Gasteiger partial charge in [0.2, 0.25) is 11.8 Å². The van der Waals surface area contributed by atoms with Gasteiger partial charge in [0.05, 0.1) is 0 Å². The Bertz CT molecular complexity index is 778. The third-order valence-corrected chi connectivity index (χ3v) is 13.3. The van der Waals surface area contributed by atoms with Crippen molar-refractivity contribution >= 4 is 11.8 Å². The number of nitrogens with one attached hydrogen (secondary N) is 1. The maximum absolute atomic E-state index is 13.4. The van der Waals surface area contributed by atoms with Gasteiger partial charge in [0.1, 0.15) is 0 Å². The van der Waals surface area contributed by atoms with Gasteiger partial charge < -0.3 is 5.32 Å². The molecule has 0 aromatic carbocycles. The number of rotatable bonds is 37. The number of nitrogens with zero attached hydrogens (tertiary/aromatic N) is 1. The number of carbonyl (C=O) groups excluding carboxylic acids is 2. The molecule has 0 bridgehead atoms. The lowest BCUT2D eigenvalue weighted by Crippen LogP contribution is -2.67. The Kier molecular flexibility index (Phi) is 28.4. The highest BCUT2D eigenvalue weighted by Crippen LogP contribution is 2.44. The fraction of sp³-hybridized carbons (Fsp3) is 0.959. The number of likely N-dealkylation sites (tertiary alicyclic amines) is 1. The summed E-state index contributed by atoms with van der Waals surface area (Å²) in [6, 6.07) is 0.0740. The van der Waals surface area contributed by atoms with E-state index in [1.54, 1.807) is 0 Å². The Morgan fingerprint density at radius 3 is 0.868 bits per heavy atom. The monoisotopic (exact) mass is 743 g/mol. The summed E-state index contributed by atoms with van der Waals surface area (Å²) in [7, 11) is 0. The fourth-order valence-corrected chi connectivity index (χ4v) is 10.1. The van der Waals surface area contributed by atoms with Gasteiger partial charge >= 0.3 is 0 Å². The fourth-order valence-electron chi connectivity index (χ4n) is 10.1. The quantitative estimate of drug-likeness (QED) is 0.0509. The molecule has 2 fully saturated rings. The van der Waals surface area contributed by atoms with Crippen molar-refractivity contribution in [3.63, 3.8) is 0 Å². The van der Waals surface area contributed by atoms with E-state index in [1.807, 2.05) is 4.90 Å². The van der Waals surface area contributed by atoms with Crippen LogP contribution in [0.3, 0.4) is 0 Å². The Morgan fingerprint density at radius 1 is 0.396 bits per heavy atom. The zero-order valence-electron chi connectivity index (χ0n) is 36.6. The summed E-state index contributed by atoms with van der Waals surface area (Å²) < 4.78 is 0. The molecule has 0 aliphatic carbocycles. The molecule has 0 radical (unpaired) electrons. The van der Waals surface area contributed by atoms with Crippen LogP contribution < -0.4 is 5.32 Å². The van der Waals surface area contributed by atoms with Crippen LogP contribution in [0.1, 0.15) is 285 Å². The molecule has 2 rings (SSSR count). The van der Waals surface area contributed by atoms with Crippen LogP contribution in [0.5, 0.6) is 0 Å². The molecule has 0 saturated carbocycles. The van der Waals surface area contributed by atoms with E-state index < -0.39 is 0 Å². The lowest BCUT2D eigenvalue weighted by atomic mass is 9.68. The van der Waals surface area contributed by atoms with E-state index in [0.29, 0.717) is 12.8 Å². The summed E-state index contributed by atoms with van der Waals surface area (Å²) in [6.07, 6.45) is 50.8. The molecule has 2 heterocycles. The number of carbonyl (C=O) groups is 2. The highest BCUT2D eigenvalue weighted by Gasteiger charge is 2.50. The van der Waals surface area contributed by atoms with E-state index in [2.05, 4.69) is 33.0 Å². The molecule has 4 nitrogen and oxygen atoms in total. The van der Waals surface area contributed by atoms with E-state index in [4.69, 9.17) is 0 Å². The first-order valence-electron chi connectivity index (χ1n) is 24.6. The minimum atomic E-state index is 0.0385. The maximum atomic E-state index is 13.4. The van der Waals surface area contributed by atoms with E-state index in [0.717, 1.165) is 12.8 Å². The van der Waals surface area contributed by atoms with Crippen LogP contribution in [-0.2, 0) is 9.59 Å². The van der Waals surface area contributed by atoms with Crippen molar-refractivity contribution in [3.8, 4) is 0 Å². The lowest BCUT2D eigenvalue weighted by Gasteiger charge is -2.55. The predicted octanol–water partition coefficient (Wildman–Crippen LogP) is 15.5. The molecule has 2 saturated heterocycles. The van der Waals surface area contributed by atoms with Crippen molar-refractivity contribution in [2.75, 3.05) is 0 Å². The summed E-state index contributed by atoms with van der Waals surface area (Å²) in [5, 5.41) is 4.59. The first kappa shape index (κ1) is 48.2. The zero-order chi connectivity index (χ0) is 38.3. The molecule has 53 heavy (non-hydrogen) atoms. The van der Waals surface area contributed by atoms with Crippen molar-refractivity contribution in [2.24, 2.45) is 0 Å². The summed E-state index contributed by atoms with van der Waals surface area (Å²) >= 11 is 0. The van der Waals surface area contributed by atoms with Gasteiger partial charge in [0, 0.05) is 30.0 Å². The maximum Gasteiger partial charge on any atom is 0.229 e. The van der Waals surface area contributed by atoms with Crippen molar-refractivity contribution in [3.05, 3.63) is 0 Å². The van der Waals surface area contributed by atoms with Crippen LogP contribution in [-0.4, -0.2) is 33.8 Å². The first-order chi connectivity index (χ1) is 25.9. The van der Waals surface area contributed by atoms with Gasteiger partial charge in [-0.25, -0.2) is 0 Å². The van der Waals surface area contributed by atoms with Crippen LogP contribution in [0.25, 0.3) is 0 Å². The Balaban J connectivity index is 2.25. The standard InChI is InChI=1S/C49H94N2O2/c1-5-9-13-17-21-25-29-33-39-48(40-34-30-26-22-18-14-10-6-2)43-45(51-46(52)37-38-47(51)53)44-49(50-48,41-35-31-27-23-19-15-11-7-3)42-36-32-28-24-20-16-12-8-4/h45,50H,5-44H2,1-4H3. The minimum absolute atomic E-state index is 0.0385. The SMILES string of the molecule is CCCCCCCCCCC1(CCCCCCCCCC)CC(N2C(=O)CCC2=O)CC(CCCCCCCCCC)(CCCCCCCCCC)N1. The molecule has 1 N–H and O–H groups in total. The van der Waals surface area contributed by atoms with Gasteiger partial charge in [-0.15, -0.1) is 0 Å². The van der Waals surface area contributed by atoms with E-state index in [-0.39, 0.29) is 28.9 Å². The Hall–Kier alpha value is -0.900. The number of imide groups is 1. The highest BCUT2D eigenvalue weighted by atomic mass is 16.2. The second kappa shape index (κ2) is 31.2. The predicted molar refractivity (Wildman–Crippen MR) is 232 cm³/mol. The van der Waals surface area contributed by atoms with Crippen molar-refractivity contribution in [2.45, 2.75) is 302 Å². The van der Waals surface area contributed by atoms with Crippen LogP contribution >= 0.6 is 0 Å². The Morgan fingerprint density at radius 2 is 0.623 bits per heavy atom. The van der Waals surface area contributed by atoms with Crippen LogP contribution in [0.2, 0.25) is 0 Å². The van der Waals surface area contributed by atoms with Gasteiger partial charge in [-0.1, -0.05) is 233 Å². The molecule has 0 unspecified atom stereocenters. The van der Waals surface area contributed by atoms with E-state index >= 15 is 0 Å². The molecule has 2 aliphatic rings. The molecule has 0 aromatic heterocycles. The molecule has 0 spiro atoms. The second-order valence-electron chi connectivity index (χ2n) is 18.3. The summed E-state index contributed by atoms with van der Waals surface area (Å²) in [5.74, 6) is 0.228. The van der Waals surface area contributed by atoms with Gasteiger partial charge in [-0.2, -0.15) is 0 Å². The third-order valence-electron chi connectivity index (χ3n) is 13.3. The first-order valence-corrected chi connectivity index (χ1v) is 24.6. The molecule has 2 aliphatic heterocycles. The average molecular weight is 743 g/mol. The van der Waals surface area contributed by atoms with Gasteiger partial charge in [-0.3, -0.25) is 14.5 Å². The van der Waals surface area contributed by atoms with E-state index in [1.165, 1.54) is 231 Å². The smallest absolute Gasteiger partial charge is 0.229 e. The minimum Gasteiger partial charge on any atom is -0.306 e. The number of amides is 2. The van der Waals surface area contributed by atoms with Crippen LogP contribution in [0.15, 0.2) is 0 Å². The van der Waals surface area contributed by atoms with Crippen molar-refractivity contribution in [1.29, 1.82) is 0 Å². The number of unbranched alkanes of at least 4 members (excludes halogenated alkanes) is 28. The Labute approximate surface area is 332 Å². The van der Waals surface area contributed by atoms with Crippen LogP contribution in [0.4, 0.5) is 0 Å². The molecular weight excluding hydrogens is 649 g/mol. The van der Waals surface area contributed by atoms with Crippen molar-refractivity contribution < 1.29 is 9.59 Å². The normalized spacial score (nSPS) is 17.4. The molecule has 312 valence electrons. The number of piperidine rings is 1.